The first kappa shape index (κ1) is 27.9. The SMILES string of the molecule is CC(=O)NCCNc1nc(-c2ccc(Cl)cc2)nc(NCCNC(=O)c2ccc(C(C)(C)C)cc2)c1C. The third kappa shape index (κ3) is 8.18. The van der Waals surface area contributed by atoms with E-state index in [0.29, 0.717) is 54.2 Å². The maximum absolute atomic E-state index is 12.6. The summed E-state index contributed by atoms with van der Waals surface area (Å²) in [6, 6.07) is 15.0. The van der Waals surface area contributed by atoms with Crippen molar-refractivity contribution in [1.82, 2.24) is 20.6 Å². The number of rotatable bonds is 10. The summed E-state index contributed by atoms with van der Waals surface area (Å²) in [6.07, 6.45) is 0. The van der Waals surface area contributed by atoms with Crippen LogP contribution < -0.4 is 21.3 Å². The zero-order valence-electron chi connectivity index (χ0n) is 22.0. The topological polar surface area (TPSA) is 108 Å². The fourth-order valence-electron chi connectivity index (χ4n) is 3.59. The lowest BCUT2D eigenvalue weighted by molar-refractivity contribution is -0.118. The largest absolute Gasteiger partial charge is 0.368 e. The van der Waals surface area contributed by atoms with Gasteiger partial charge in [-0.1, -0.05) is 44.5 Å². The summed E-state index contributed by atoms with van der Waals surface area (Å²) >= 11 is 6.04. The Hall–Kier alpha value is -3.65. The van der Waals surface area contributed by atoms with Crippen molar-refractivity contribution in [1.29, 1.82) is 0 Å². The molecular formula is C28H35ClN6O2. The second kappa shape index (κ2) is 12.5. The van der Waals surface area contributed by atoms with Crippen LogP contribution in [0.3, 0.4) is 0 Å². The summed E-state index contributed by atoms with van der Waals surface area (Å²) in [5.74, 6) is 1.65. The van der Waals surface area contributed by atoms with Gasteiger partial charge in [0.1, 0.15) is 11.6 Å². The molecule has 0 radical (unpaired) electrons. The van der Waals surface area contributed by atoms with E-state index in [9.17, 15) is 9.59 Å². The van der Waals surface area contributed by atoms with Crippen LogP contribution >= 0.6 is 11.6 Å². The normalized spacial score (nSPS) is 11.1. The number of aromatic nitrogens is 2. The van der Waals surface area contributed by atoms with Crippen molar-refractivity contribution in [2.24, 2.45) is 0 Å². The smallest absolute Gasteiger partial charge is 0.251 e. The molecule has 0 fully saturated rings. The summed E-state index contributed by atoms with van der Waals surface area (Å²) < 4.78 is 0. The Morgan fingerprint density at radius 3 is 1.86 bits per heavy atom. The van der Waals surface area contributed by atoms with Crippen LogP contribution in [0.1, 0.15) is 49.2 Å². The van der Waals surface area contributed by atoms with Gasteiger partial charge in [0, 0.05) is 54.8 Å². The maximum atomic E-state index is 12.6. The Labute approximate surface area is 223 Å². The molecule has 8 nitrogen and oxygen atoms in total. The average molecular weight is 523 g/mol. The number of benzene rings is 2. The third-order valence-electron chi connectivity index (χ3n) is 5.76. The van der Waals surface area contributed by atoms with Gasteiger partial charge >= 0.3 is 0 Å². The minimum atomic E-state index is -0.121. The summed E-state index contributed by atoms with van der Waals surface area (Å²) in [4.78, 5) is 33.1. The minimum Gasteiger partial charge on any atom is -0.368 e. The molecule has 3 rings (SSSR count). The summed E-state index contributed by atoms with van der Waals surface area (Å²) in [6.45, 7) is 11.7. The lowest BCUT2D eigenvalue weighted by Crippen LogP contribution is -2.29. The molecule has 2 amide bonds. The highest BCUT2D eigenvalue weighted by atomic mass is 35.5. The predicted octanol–water partition coefficient (Wildman–Crippen LogP) is 4.79. The average Bonchev–Trinajstić information content (AvgIpc) is 2.85. The monoisotopic (exact) mass is 522 g/mol. The van der Waals surface area contributed by atoms with Crippen molar-refractivity contribution < 1.29 is 9.59 Å². The van der Waals surface area contributed by atoms with E-state index in [1.165, 1.54) is 12.5 Å². The van der Waals surface area contributed by atoms with Gasteiger partial charge in [-0.3, -0.25) is 9.59 Å². The van der Waals surface area contributed by atoms with Gasteiger partial charge in [-0.15, -0.1) is 0 Å². The van der Waals surface area contributed by atoms with Crippen molar-refractivity contribution >= 4 is 35.1 Å². The molecule has 196 valence electrons. The molecule has 0 unspecified atom stereocenters. The highest BCUT2D eigenvalue weighted by Crippen LogP contribution is 2.26. The Bertz CT molecular complexity index is 1220. The van der Waals surface area contributed by atoms with Crippen molar-refractivity contribution in [3.05, 3.63) is 70.2 Å². The van der Waals surface area contributed by atoms with Crippen LogP contribution in [-0.4, -0.2) is 48.0 Å². The molecule has 0 aliphatic heterocycles. The predicted molar refractivity (Wildman–Crippen MR) is 150 cm³/mol. The molecule has 0 spiro atoms. The van der Waals surface area contributed by atoms with Gasteiger partial charge in [-0.25, -0.2) is 9.97 Å². The highest BCUT2D eigenvalue weighted by molar-refractivity contribution is 6.30. The second-order valence-corrected chi connectivity index (χ2v) is 10.2. The van der Waals surface area contributed by atoms with Crippen LogP contribution in [0.2, 0.25) is 5.02 Å². The van der Waals surface area contributed by atoms with E-state index >= 15 is 0 Å². The molecular weight excluding hydrogens is 488 g/mol. The number of anilines is 2. The first-order valence-corrected chi connectivity index (χ1v) is 12.7. The molecule has 0 atom stereocenters. The van der Waals surface area contributed by atoms with E-state index in [2.05, 4.69) is 47.0 Å². The number of nitrogens with zero attached hydrogens (tertiary/aromatic N) is 2. The van der Waals surface area contributed by atoms with Crippen LogP contribution in [0, 0.1) is 6.92 Å². The van der Waals surface area contributed by atoms with Crippen molar-refractivity contribution in [3.8, 4) is 11.4 Å². The molecule has 37 heavy (non-hydrogen) atoms. The number of nitrogens with one attached hydrogen (secondary N) is 4. The fraction of sp³-hybridized carbons (Fsp3) is 0.357. The number of halogens is 1. The van der Waals surface area contributed by atoms with Gasteiger partial charge in [0.2, 0.25) is 5.91 Å². The van der Waals surface area contributed by atoms with E-state index in [1.807, 2.05) is 43.3 Å². The van der Waals surface area contributed by atoms with Crippen LogP contribution in [0.5, 0.6) is 0 Å². The first-order chi connectivity index (χ1) is 17.5. The molecule has 0 bridgehead atoms. The lowest BCUT2D eigenvalue weighted by Gasteiger charge is -2.19. The molecule has 2 aromatic carbocycles. The Morgan fingerprint density at radius 2 is 1.35 bits per heavy atom. The lowest BCUT2D eigenvalue weighted by atomic mass is 9.87. The number of carbonyl (C=O) groups is 2. The molecule has 0 saturated carbocycles. The summed E-state index contributed by atoms with van der Waals surface area (Å²) in [5.41, 5.74) is 3.51. The van der Waals surface area contributed by atoms with E-state index in [4.69, 9.17) is 16.6 Å². The van der Waals surface area contributed by atoms with Crippen molar-refractivity contribution in [2.75, 3.05) is 36.8 Å². The summed E-state index contributed by atoms with van der Waals surface area (Å²) in [5, 5.41) is 12.9. The van der Waals surface area contributed by atoms with E-state index in [1.54, 1.807) is 12.1 Å². The molecule has 4 N–H and O–H groups in total. The number of carbonyl (C=O) groups excluding carboxylic acids is 2. The summed E-state index contributed by atoms with van der Waals surface area (Å²) in [7, 11) is 0. The Morgan fingerprint density at radius 1 is 0.811 bits per heavy atom. The molecule has 0 saturated heterocycles. The number of hydrogen-bond acceptors (Lipinski definition) is 6. The molecule has 3 aromatic rings. The Kier molecular flexibility index (Phi) is 9.47. The van der Waals surface area contributed by atoms with Gasteiger partial charge in [0.25, 0.3) is 5.91 Å². The van der Waals surface area contributed by atoms with Crippen molar-refractivity contribution in [3.63, 3.8) is 0 Å². The van der Waals surface area contributed by atoms with Crippen LogP contribution in [0.25, 0.3) is 11.4 Å². The molecule has 1 heterocycles. The zero-order chi connectivity index (χ0) is 27.0. The van der Waals surface area contributed by atoms with Crippen LogP contribution in [0.15, 0.2) is 48.5 Å². The van der Waals surface area contributed by atoms with Crippen molar-refractivity contribution in [2.45, 2.75) is 40.0 Å². The minimum absolute atomic E-state index is 0.0385. The second-order valence-electron chi connectivity index (χ2n) is 9.80. The van der Waals surface area contributed by atoms with Gasteiger partial charge in [-0.2, -0.15) is 0 Å². The van der Waals surface area contributed by atoms with Crippen LogP contribution in [-0.2, 0) is 10.2 Å². The number of amides is 2. The first-order valence-electron chi connectivity index (χ1n) is 12.3. The fourth-order valence-corrected chi connectivity index (χ4v) is 3.71. The maximum Gasteiger partial charge on any atom is 0.251 e. The standard InChI is InChI=1S/C28H35ClN6O2/c1-18-24(31-15-14-30-19(2)36)34-26(20-8-12-23(29)13-9-20)35-25(18)32-16-17-33-27(37)21-6-10-22(11-7-21)28(3,4)5/h6-13H,14-17H2,1-5H3,(H,30,36)(H,33,37)(H2,31,32,34,35). The van der Waals surface area contributed by atoms with Gasteiger partial charge in [-0.05, 0) is 54.3 Å². The van der Waals surface area contributed by atoms with Crippen LogP contribution in [0.4, 0.5) is 11.6 Å². The Balaban J connectivity index is 1.67. The van der Waals surface area contributed by atoms with E-state index in [-0.39, 0.29) is 17.2 Å². The van der Waals surface area contributed by atoms with Gasteiger partial charge < -0.3 is 21.3 Å². The van der Waals surface area contributed by atoms with E-state index < -0.39 is 0 Å². The highest BCUT2D eigenvalue weighted by Gasteiger charge is 2.15. The zero-order valence-corrected chi connectivity index (χ0v) is 22.8. The number of hydrogen-bond donors (Lipinski definition) is 4. The quantitative estimate of drug-likeness (QED) is 0.285. The third-order valence-corrected chi connectivity index (χ3v) is 6.01. The van der Waals surface area contributed by atoms with Gasteiger partial charge in [0.05, 0.1) is 0 Å². The molecule has 0 aliphatic rings. The molecule has 0 aliphatic carbocycles. The van der Waals surface area contributed by atoms with E-state index in [0.717, 1.165) is 11.1 Å². The molecule has 1 aromatic heterocycles. The van der Waals surface area contributed by atoms with Gasteiger partial charge in [0.15, 0.2) is 5.82 Å². The molecule has 9 heteroatoms.